The summed E-state index contributed by atoms with van der Waals surface area (Å²) in [6.45, 7) is 0. The molecule has 0 saturated heterocycles. The van der Waals surface area contributed by atoms with Crippen LogP contribution in [0.2, 0.25) is 0 Å². The predicted octanol–water partition coefficient (Wildman–Crippen LogP) is 9.35. The Labute approximate surface area is 192 Å². The third-order valence-electron chi connectivity index (χ3n) is 5.95. The molecule has 1 aliphatic rings. The van der Waals surface area contributed by atoms with Gasteiger partial charge >= 0.3 is 0 Å². The summed E-state index contributed by atoms with van der Waals surface area (Å²) in [7, 11) is 0. The maximum absolute atomic E-state index is 3.96. The van der Waals surface area contributed by atoms with Gasteiger partial charge in [-0.05, 0) is 76.0 Å². The van der Waals surface area contributed by atoms with Crippen LogP contribution in [0.15, 0.2) is 106 Å². The Balaban J connectivity index is 1.85. The van der Waals surface area contributed by atoms with Crippen molar-refractivity contribution in [1.82, 2.24) is 0 Å². The lowest BCUT2D eigenvalue weighted by Crippen LogP contribution is -1.93. The minimum absolute atomic E-state index is 1.09. The number of halogens is 2. The van der Waals surface area contributed by atoms with E-state index in [4.69, 9.17) is 0 Å². The van der Waals surface area contributed by atoms with Gasteiger partial charge in [0.1, 0.15) is 0 Å². The number of hydrogen-bond donors (Lipinski definition) is 0. The topological polar surface area (TPSA) is 0 Å². The summed E-state index contributed by atoms with van der Waals surface area (Å²) in [6, 6.07) is 34.6. The lowest BCUT2D eigenvalue weighted by atomic mass is 9.88. The zero-order valence-electron chi connectivity index (χ0n) is 16.0. The molecule has 142 valence electrons. The van der Waals surface area contributed by atoms with Crippen LogP contribution >= 0.6 is 31.9 Å². The molecule has 0 heterocycles. The molecule has 0 amide bonds. The fraction of sp³-hybridized carbons (Fsp3) is 0. The highest BCUT2D eigenvalue weighted by Crippen LogP contribution is 2.58. The lowest BCUT2D eigenvalue weighted by Gasteiger charge is -2.20. The SMILES string of the molecule is Brc1c(Br)c(-c2ccccc2)c2c(c1-c1ccccc1)-c1cccc3cccc-2c13. The Hall–Kier alpha value is -2.68. The van der Waals surface area contributed by atoms with Crippen molar-refractivity contribution in [3.05, 3.63) is 106 Å². The molecular weight excluding hydrogens is 496 g/mol. The highest BCUT2D eigenvalue weighted by Gasteiger charge is 2.31. The molecule has 0 aliphatic heterocycles. The van der Waals surface area contributed by atoms with Crippen molar-refractivity contribution in [3.63, 3.8) is 0 Å². The molecular formula is C28H16Br2. The first-order valence-corrected chi connectivity index (χ1v) is 11.5. The van der Waals surface area contributed by atoms with Gasteiger partial charge in [-0.3, -0.25) is 0 Å². The van der Waals surface area contributed by atoms with E-state index in [0.717, 1.165) is 8.95 Å². The quantitative estimate of drug-likeness (QED) is 0.217. The average molecular weight is 512 g/mol. The van der Waals surface area contributed by atoms with Crippen LogP contribution in [0.4, 0.5) is 0 Å². The van der Waals surface area contributed by atoms with Gasteiger partial charge in [-0.25, -0.2) is 0 Å². The molecule has 0 bridgehead atoms. The van der Waals surface area contributed by atoms with Crippen molar-refractivity contribution in [1.29, 1.82) is 0 Å². The van der Waals surface area contributed by atoms with Crippen molar-refractivity contribution in [3.8, 4) is 44.5 Å². The van der Waals surface area contributed by atoms with Crippen molar-refractivity contribution >= 4 is 42.6 Å². The van der Waals surface area contributed by atoms with E-state index < -0.39 is 0 Å². The van der Waals surface area contributed by atoms with E-state index in [2.05, 4.69) is 129 Å². The predicted molar refractivity (Wildman–Crippen MR) is 135 cm³/mol. The lowest BCUT2D eigenvalue weighted by molar-refractivity contribution is 1.53. The van der Waals surface area contributed by atoms with Crippen LogP contribution in [0.3, 0.4) is 0 Å². The first-order valence-electron chi connectivity index (χ1n) is 9.94. The van der Waals surface area contributed by atoms with E-state index in [9.17, 15) is 0 Å². The molecule has 6 rings (SSSR count). The molecule has 2 heteroatoms. The summed E-state index contributed by atoms with van der Waals surface area (Å²) < 4.78 is 2.19. The molecule has 0 radical (unpaired) electrons. The van der Waals surface area contributed by atoms with Gasteiger partial charge in [0.15, 0.2) is 0 Å². The van der Waals surface area contributed by atoms with Gasteiger partial charge in [0.25, 0.3) is 0 Å². The molecule has 0 unspecified atom stereocenters. The highest BCUT2D eigenvalue weighted by atomic mass is 79.9. The van der Waals surface area contributed by atoms with E-state index in [1.54, 1.807) is 0 Å². The van der Waals surface area contributed by atoms with Gasteiger partial charge < -0.3 is 0 Å². The first kappa shape index (κ1) is 18.1. The van der Waals surface area contributed by atoms with Crippen molar-refractivity contribution < 1.29 is 0 Å². The zero-order valence-corrected chi connectivity index (χ0v) is 19.2. The van der Waals surface area contributed by atoms with E-state index in [-0.39, 0.29) is 0 Å². The number of fused-ring (bicyclic) bond motifs is 3. The molecule has 5 aromatic rings. The Morgan fingerprint density at radius 1 is 0.400 bits per heavy atom. The Morgan fingerprint density at radius 2 is 0.833 bits per heavy atom. The Bertz CT molecular complexity index is 1330. The molecule has 1 aliphatic carbocycles. The highest BCUT2D eigenvalue weighted by molar-refractivity contribution is 9.13. The molecule has 30 heavy (non-hydrogen) atoms. The van der Waals surface area contributed by atoms with Crippen molar-refractivity contribution in [2.45, 2.75) is 0 Å². The van der Waals surface area contributed by atoms with Crippen molar-refractivity contribution in [2.24, 2.45) is 0 Å². The summed E-state index contributed by atoms with van der Waals surface area (Å²) in [6.07, 6.45) is 0. The maximum atomic E-state index is 3.96. The van der Waals surface area contributed by atoms with E-state index in [1.165, 1.54) is 55.3 Å². The smallest absolute Gasteiger partial charge is 0.0408 e. The number of rotatable bonds is 2. The van der Waals surface area contributed by atoms with Gasteiger partial charge in [0, 0.05) is 20.1 Å². The second-order valence-corrected chi connectivity index (χ2v) is 9.16. The summed E-state index contributed by atoms with van der Waals surface area (Å²) in [5, 5.41) is 2.63. The van der Waals surface area contributed by atoms with Crippen LogP contribution in [-0.2, 0) is 0 Å². The summed E-state index contributed by atoms with van der Waals surface area (Å²) in [5.41, 5.74) is 10.1. The number of hydrogen-bond acceptors (Lipinski definition) is 0. The fourth-order valence-corrected chi connectivity index (χ4v) is 5.99. The number of benzene rings is 5. The summed E-state index contributed by atoms with van der Waals surface area (Å²) in [5.74, 6) is 0. The van der Waals surface area contributed by atoms with Crippen LogP contribution in [0.5, 0.6) is 0 Å². The molecule has 0 atom stereocenters. The van der Waals surface area contributed by atoms with E-state index in [0.29, 0.717) is 0 Å². The molecule has 0 saturated carbocycles. The largest absolute Gasteiger partial charge is 0.0622 e. The summed E-state index contributed by atoms with van der Waals surface area (Å²) in [4.78, 5) is 0. The van der Waals surface area contributed by atoms with Gasteiger partial charge in [-0.1, -0.05) is 97.1 Å². The molecule has 0 nitrogen and oxygen atoms in total. The molecule has 0 aromatic heterocycles. The van der Waals surface area contributed by atoms with Crippen LogP contribution in [-0.4, -0.2) is 0 Å². The monoisotopic (exact) mass is 510 g/mol. The van der Waals surface area contributed by atoms with E-state index in [1.807, 2.05) is 0 Å². The average Bonchev–Trinajstić information content (AvgIpc) is 3.12. The fourth-order valence-electron chi connectivity index (χ4n) is 4.74. The second-order valence-electron chi connectivity index (χ2n) is 7.57. The minimum Gasteiger partial charge on any atom is -0.0622 e. The minimum atomic E-state index is 1.09. The standard InChI is InChI=1S/C28H16Br2/c29-27-23(18-9-3-1-4-10-18)25-20-15-7-13-17-14-8-16-21(22(17)20)26(25)24(28(27)30)19-11-5-2-6-12-19/h1-16H. The third-order valence-corrected chi connectivity index (χ3v) is 8.07. The van der Waals surface area contributed by atoms with Crippen LogP contribution in [0.1, 0.15) is 0 Å². The maximum Gasteiger partial charge on any atom is 0.0408 e. The third kappa shape index (κ3) is 2.50. The van der Waals surface area contributed by atoms with Gasteiger partial charge in [0.2, 0.25) is 0 Å². The second kappa shape index (κ2) is 6.94. The zero-order chi connectivity index (χ0) is 20.2. The molecule has 5 aromatic carbocycles. The molecule has 0 N–H and O–H groups in total. The first-order chi connectivity index (χ1) is 14.8. The van der Waals surface area contributed by atoms with Gasteiger partial charge in [0.05, 0.1) is 0 Å². The van der Waals surface area contributed by atoms with Crippen molar-refractivity contribution in [2.75, 3.05) is 0 Å². The summed E-state index contributed by atoms with van der Waals surface area (Å²) >= 11 is 7.93. The molecule has 0 fully saturated rings. The normalized spacial score (nSPS) is 11.7. The van der Waals surface area contributed by atoms with Crippen LogP contribution < -0.4 is 0 Å². The Kier molecular flexibility index (Phi) is 4.19. The van der Waals surface area contributed by atoms with Gasteiger partial charge in [-0.15, -0.1) is 0 Å². The molecule has 0 spiro atoms. The Morgan fingerprint density at radius 3 is 1.27 bits per heavy atom. The van der Waals surface area contributed by atoms with Crippen LogP contribution in [0, 0.1) is 0 Å². The van der Waals surface area contributed by atoms with E-state index >= 15 is 0 Å². The van der Waals surface area contributed by atoms with Gasteiger partial charge in [-0.2, -0.15) is 0 Å². The van der Waals surface area contributed by atoms with Crippen LogP contribution in [0.25, 0.3) is 55.3 Å².